The lowest BCUT2D eigenvalue weighted by molar-refractivity contribution is -0.114. The van der Waals surface area contributed by atoms with Crippen molar-refractivity contribution in [3.8, 4) is 5.75 Å². The molecule has 192 valence electrons. The number of pyridine rings is 2. The van der Waals surface area contributed by atoms with Crippen molar-refractivity contribution < 1.29 is 23.8 Å². The van der Waals surface area contributed by atoms with Crippen LogP contribution in [-0.2, 0) is 20.9 Å². The smallest absolute Gasteiger partial charge is 0.409 e. The molecule has 0 spiro atoms. The van der Waals surface area contributed by atoms with Crippen LogP contribution in [0.1, 0.15) is 48.6 Å². The molecule has 2 saturated heterocycles. The predicted molar refractivity (Wildman–Crippen MR) is 134 cm³/mol. The number of amides is 2. The van der Waals surface area contributed by atoms with Gasteiger partial charge in [0.2, 0.25) is 5.91 Å². The number of ether oxygens (including phenoxy) is 3. The van der Waals surface area contributed by atoms with E-state index in [2.05, 4.69) is 15.2 Å². The van der Waals surface area contributed by atoms with Gasteiger partial charge >= 0.3 is 6.09 Å². The molecule has 0 bridgehead atoms. The Bertz CT molecular complexity index is 1150. The summed E-state index contributed by atoms with van der Waals surface area (Å²) in [6.45, 7) is 5.53. The number of carbonyl (C=O) groups is 2. The molecule has 2 aromatic heterocycles. The summed E-state index contributed by atoms with van der Waals surface area (Å²) in [5, 5.41) is 3.31. The summed E-state index contributed by atoms with van der Waals surface area (Å²) in [4.78, 5) is 37.0. The molecule has 0 radical (unpaired) electrons. The van der Waals surface area contributed by atoms with E-state index in [1.807, 2.05) is 12.1 Å². The van der Waals surface area contributed by atoms with Crippen LogP contribution in [0.2, 0.25) is 5.15 Å². The van der Waals surface area contributed by atoms with Gasteiger partial charge in [-0.1, -0.05) is 11.6 Å². The van der Waals surface area contributed by atoms with E-state index in [4.69, 9.17) is 30.8 Å². The lowest BCUT2D eigenvalue weighted by atomic mass is 9.95. The number of morpholine rings is 1. The molecule has 2 aromatic rings. The molecule has 4 heterocycles. The van der Waals surface area contributed by atoms with Gasteiger partial charge in [0.15, 0.2) is 5.75 Å². The van der Waals surface area contributed by atoms with Gasteiger partial charge in [-0.15, -0.1) is 0 Å². The summed E-state index contributed by atoms with van der Waals surface area (Å²) < 4.78 is 16.7. The summed E-state index contributed by atoms with van der Waals surface area (Å²) in [5.74, 6) is 0.710. The highest BCUT2D eigenvalue weighted by molar-refractivity contribution is 6.30. The summed E-state index contributed by atoms with van der Waals surface area (Å²) in [6.07, 6.45) is 3.37. The first kappa shape index (κ1) is 24.6. The number of hydrogen-bond donors (Lipinski definition) is 1. The van der Waals surface area contributed by atoms with Crippen LogP contribution in [0.25, 0.3) is 0 Å². The SMILES string of the molecule is COC(=O)N1CC(c2cc(NC(C)=O)c(OCc3c(N4CCOCC4)ccnc3Cl)c(C3CC3)n2)C1. The third-order valence-corrected chi connectivity index (χ3v) is 7.04. The first-order chi connectivity index (χ1) is 17.4. The minimum absolute atomic E-state index is 0.0730. The quantitative estimate of drug-likeness (QED) is 0.558. The predicted octanol–water partition coefficient (Wildman–Crippen LogP) is 3.55. The molecule has 2 aliphatic heterocycles. The van der Waals surface area contributed by atoms with E-state index in [-0.39, 0.29) is 30.4 Å². The Kier molecular flexibility index (Phi) is 7.15. The topological polar surface area (TPSA) is 106 Å². The highest BCUT2D eigenvalue weighted by Crippen LogP contribution is 2.47. The van der Waals surface area contributed by atoms with E-state index >= 15 is 0 Å². The number of halogens is 1. The maximum Gasteiger partial charge on any atom is 0.409 e. The van der Waals surface area contributed by atoms with E-state index < -0.39 is 0 Å². The average molecular weight is 516 g/mol. The summed E-state index contributed by atoms with van der Waals surface area (Å²) >= 11 is 6.52. The molecule has 2 amide bonds. The van der Waals surface area contributed by atoms with Crippen molar-refractivity contribution in [3.63, 3.8) is 0 Å². The second-order valence-corrected chi connectivity index (χ2v) is 9.68. The minimum Gasteiger partial charge on any atom is -0.485 e. The zero-order valence-corrected chi connectivity index (χ0v) is 21.2. The molecule has 0 unspecified atom stereocenters. The van der Waals surface area contributed by atoms with Crippen LogP contribution in [-0.4, -0.2) is 73.4 Å². The Hall–Kier alpha value is -3.11. The van der Waals surface area contributed by atoms with Crippen LogP contribution in [0.3, 0.4) is 0 Å². The largest absolute Gasteiger partial charge is 0.485 e. The van der Waals surface area contributed by atoms with E-state index in [0.29, 0.717) is 42.9 Å². The second kappa shape index (κ2) is 10.5. The van der Waals surface area contributed by atoms with Gasteiger partial charge in [-0.05, 0) is 25.0 Å². The summed E-state index contributed by atoms with van der Waals surface area (Å²) in [6, 6.07) is 3.80. The second-order valence-electron chi connectivity index (χ2n) is 9.32. The number of methoxy groups -OCH3 is 1. The highest BCUT2D eigenvalue weighted by Gasteiger charge is 2.37. The van der Waals surface area contributed by atoms with Crippen LogP contribution < -0.4 is 15.0 Å². The molecular weight excluding hydrogens is 486 g/mol. The van der Waals surface area contributed by atoms with E-state index in [0.717, 1.165) is 48.6 Å². The first-order valence-corrected chi connectivity index (χ1v) is 12.6. The van der Waals surface area contributed by atoms with Gasteiger partial charge in [0.05, 0.1) is 37.3 Å². The Labute approximate surface area is 214 Å². The van der Waals surface area contributed by atoms with Crippen molar-refractivity contribution >= 4 is 35.0 Å². The Morgan fingerprint density at radius 1 is 1.22 bits per heavy atom. The van der Waals surface area contributed by atoms with Crippen LogP contribution in [0.4, 0.5) is 16.2 Å². The fraction of sp³-hybridized carbons (Fsp3) is 0.520. The lowest BCUT2D eigenvalue weighted by Gasteiger charge is -2.38. The minimum atomic E-state index is -0.347. The molecule has 10 nitrogen and oxygen atoms in total. The van der Waals surface area contributed by atoms with Crippen LogP contribution in [0.15, 0.2) is 18.3 Å². The Morgan fingerprint density at radius 2 is 1.97 bits per heavy atom. The Morgan fingerprint density at radius 3 is 2.64 bits per heavy atom. The summed E-state index contributed by atoms with van der Waals surface area (Å²) in [7, 11) is 1.37. The molecule has 36 heavy (non-hydrogen) atoms. The molecule has 3 fully saturated rings. The van der Waals surface area contributed by atoms with Crippen molar-refractivity contribution in [2.75, 3.05) is 56.7 Å². The maximum atomic E-state index is 12.1. The number of likely N-dealkylation sites (tertiary alicyclic amines) is 1. The highest BCUT2D eigenvalue weighted by atomic mass is 35.5. The van der Waals surface area contributed by atoms with Gasteiger partial charge in [-0.2, -0.15) is 0 Å². The first-order valence-electron chi connectivity index (χ1n) is 12.2. The monoisotopic (exact) mass is 515 g/mol. The number of aromatic nitrogens is 2. The van der Waals surface area contributed by atoms with Crippen molar-refractivity contribution in [3.05, 3.63) is 40.4 Å². The number of rotatable bonds is 7. The molecule has 0 aromatic carbocycles. The van der Waals surface area contributed by atoms with E-state index in [1.54, 1.807) is 11.1 Å². The third-order valence-electron chi connectivity index (χ3n) is 6.72. The number of hydrogen-bond acceptors (Lipinski definition) is 8. The molecule has 11 heteroatoms. The van der Waals surface area contributed by atoms with Crippen LogP contribution >= 0.6 is 11.6 Å². The van der Waals surface area contributed by atoms with Gasteiger partial charge in [0, 0.05) is 62.5 Å². The summed E-state index contributed by atoms with van der Waals surface area (Å²) in [5.41, 5.74) is 4.00. The fourth-order valence-electron chi connectivity index (χ4n) is 4.63. The van der Waals surface area contributed by atoms with Crippen molar-refractivity contribution in [2.24, 2.45) is 0 Å². The normalized spacial score (nSPS) is 18.0. The lowest BCUT2D eigenvalue weighted by Crippen LogP contribution is -2.48. The molecule has 0 atom stereocenters. The van der Waals surface area contributed by atoms with E-state index in [9.17, 15) is 9.59 Å². The van der Waals surface area contributed by atoms with Crippen molar-refractivity contribution in [2.45, 2.75) is 38.2 Å². The van der Waals surface area contributed by atoms with E-state index in [1.165, 1.54) is 14.0 Å². The Balaban J connectivity index is 1.43. The van der Waals surface area contributed by atoms with Gasteiger partial charge < -0.3 is 29.3 Å². The molecule has 1 N–H and O–H groups in total. The fourth-order valence-corrected chi connectivity index (χ4v) is 4.84. The van der Waals surface area contributed by atoms with Gasteiger partial charge in [0.25, 0.3) is 0 Å². The average Bonchev–Trinajstić information content (AvgIpc) is 3.68. The van der Waals surface area contributed by atoms with Crippen molar-refractivity contribution in [1.82, 2.24) is 14.9 Å². The van der Waals surface area contributed by atoms with Crippen LogP contribution in [0, 0.1) is 0 Å². The number of nitrogens with zero attached hydrogens (tertiary/aromatic N) is 4. The molecule has 1 aliphatic carbocycles. The van der Waals surface area contributed by atoms with Crippen molar-refractivity contribution in [1.29, 1.82) is 0 Å². The van der Waals surface area contributed by atoms with Crippen LogP contribution in [0.5, 0.6) is 5.75 Å². The zero-order valence-electron chi connectivity index (χ0n) is 20.5. The number of nitrogens with one attached hydrogen (secondary N) is 1. The standard InChI is InChI=1S/C25H30ClN5O5/c1-15(32)28-20-11-19(17-12-31(13-17)25(33)34-2)29-22(16-3-4-16)23(20)36-14-18-21(5-6-27-24(18)26)30-7-9-35-10-8-30/h5-6,11,16-17H,3-4,7-10,12-14H2,1-2H3,(H,28,29,32). The zero-order chi connectivity index (χ0) is 25.2. The number of carbonyl (C=O) groups excluding carboxylic acids is 2. The molecule has 1 saturated carbocycles. The molecule has 3 aliphatic rings. The molecular formula is C25H30ClN5O5. The third kappa shape index (κ3) is 5.19. The number of anilines is 2. The molecule has 5 rings (SSSR count). The van der Waals surface area contributed by atoms with Gasteiger partial charge in [0.1, 0.15) is 11.8 Å². The maximum absolute atomic E-state index is 12.1. The van der Waals surface area contributed by atoms with Gasteiger partial charge in [-0.25, -0.2) is 9.78 Å². The van der Waals surface area contributed by atoms with Gasteiger partial charge in [-0.3, -0.25) is 9.78 Å².